The number of pyridine rings is 1. The van der Waals surface area contributed by atoms with Gasteiger partial charge in [0.1, 0.15) is 28.6 Å². The first-order chi connectivity index (χ1) is 16.4. The van der Waals surface area contributed by atoms with Gasteiger partial charge in [-0.3, -0.25) is 14.0 Å². The number of anilines is 1. The van der Waals surface area contributed by atoms with Crippen molar-refractivity contribution in [3.05, 3.63) is 105 Å². The van der Waals surface area contributed by atoms with E-state index < -0.39 is 11.5 Å². The molecule has 4 aromatic rings. The topological polar surface area (TPSA) is 96.5 Å². The molecule has 0 fully saturated rings. The highest BCUT2D eigenvalue weighted by Gasteiger charge is 2.18. The first-order valence-electron chi connectivity index (χ1n) is 10.6. The molecule has 1 N–H and O–H groups in total. The fourth-order valence-corrected chi connectivity index (χ4v) is 3.40. The molecule has 2 aromatic heterocycles. The van der Waals surface area contributed by atoms with Crippen molar-refractivity contribution < 1.29 is 9.53 Å². The quantitative estimate of drug-likeness (QED) is 0.342. The summed E-state index contributed by atoms with van der Waals surface area (Å²) in [6.45, 7) is 5.65. The number of aromatic nitrogens is 2. The summed E-state index contributed by atoms with van der Waals surface area (Å²) < 4.78 is 7.40. The van der Waals surface area contributed by atoms with Gasteiger partial charge >= 0.3 is 0 Å². The Morgan fingerprint density at radius 2 is 1.74 bits per heavy atom. The van der Waals surface area contributed by atoms with Crippen molar-refractivity contribution in [1.82, 2.24) is 9.38 Å². The second-order valence-electron chi connectivity index (χ2n) is 7.88. The van der Waals surface area contributed by atoms with Gasteiger partial charge < -0.3 is 10.1 Å². The summed E-state index contributed by atoms with van der Waals surface area (Å²) in [5.41, 5.74) is 2.94. The van der Waals surface area contributed by atoms with Crippen LogP contribution in [0.1, 0.15) is 22.3 Å². The van der Waals surface area contributed by atoms with E-state index in [-0.39, 0.29) is 17.0 Å². The highest BCUT2D eigenvalue weighted by atomic mass is 16.5. The van der Waals surface area contributed by atoms with Crippen LogP contribution in [-0.4, -0.2) is 15.3 Å². The third-order valence-corrected chi connectivity index (χ3v) is 5.31. The number of carbonyl (C=O) groups is 1. The van der Waals surface area contributed by atoms with Gasteiger partial charge in [0.25, 0.3) is 11.5 Å². The summed E-state index contributed by atoms with van der Waals surface area (Å²) in [6, 6.07) is 20.0. The minimum absolute atomic E-state index is 0.00181. The molecule has 4 rings (SSSR count). The average Bonchev–Trinajstić information content (AvgIpc) is 2.82. The summed E-state index contributed by atoms with van der Waals surface area (Å²) in [5.74, 6) is -0.101. The summed E-state index contributed by atoms with van der Waals surface area (Å²) in [4.78, 5) is 30.8. The molecule has 34 heavy (non-hydrogen) atoms. The number of para-hydroxylation sites is 1. The van der Waals surface area contributed by atoms with Crippen LogP contribution in [0.25, 0.3) is 11.7 Å². The zero-order valence-corrected chi connectivity index (χ0v) is 19.0. The number of hydrogen-bond donors (Lipinski definition) is 1. The van der Waals surface area contributed by atoms with E-state index in [0.717, 1.165) is 16.7 Å². The number of nitrogens with one attached hydrogen (secondary N) is 1. The zero-order chi connectivity index (χ0) is 24.2. The number of ether oxygens (including phenoxy) is 1. The maximum Gasteiger partial charge on any atom is 0.269 e. The van der Waals surface area contributed by atoms with Crippen LogP contribution in [0.4, 0.5) is 5.69 Å². The predicted octanol–water partition coefficient (Wildman–Crippen LogP) is 4.96. The number of hydrogen-bond acceptors (Lipinski definition) is 5. The van der Waals surface area contributed by atoms with Crippen LogP contribution >= 0.6 is 0 Å². The van der Waals surface area contributed by atoms with Crippen LogP contribution in [-0.2, 0) is 4.79 Å². The molecule has 0 saturated heterocycles. The Morgan fingerprint density at radius 1 is 1.03 bits per heavy atom. The van der Waals surface area contributed by atoms with Crippen LogP contribution in [0.2, 0.25) is 0 Å². The Balaban J connectivity index is 1.84. The summed E-state index contributed by atoms with van der Waals surface area (Å²) in [7, 11) is 0. The third-order valence-electron chi connectivity index (χ3n) is 5.31. The zero-order valence-electron chi connectivity index (χ0n) is 19.0. The largest absolute Gasteiger partial charge is 0.438 e. The number of amides is 1. The number of rotatable bonds is 5. The van der Waals surface area contributed by atoms with Crippen molar-refractivity contribution in [2.75, 3.05) is 5.32 Å². The summed E-state index contributed by atoms with van der Waals surface area (Å²) in [5, 5.41) is 12.4. The molecule has 0 aliphatic heterocycles. The molecule has 0 saturated carbocycles. The van der Waals surface area contributed by atoms with Gasteiger partial charge in [-0.1, -0.05) is 42.0 Å². The number of nitrogens with zero attached hydrogens (tertiary/aromatic N) is 3. The first kappa shape index (κ1) is 22.5. The highest BCUT2D eigenvalue weighted by molar-refractivity contribution is 6.09. The van der Waals surface area contributed by atoms with Crippen molar-refractivity contribution >= 4 is 23.3 Å². The van der Waals surface area contributed by atoms with E-state index in [4.69, 9.17) is 4.74 Å². The Labute approximate surface area is 196 Å². The van der Waals surface area contributed by atoms with Gasteiger partial charge in [0, 0.05) is 11.9 Å². The number of benzene rings is 2. The molecule has 0 unspecified atom stereocenters. The third kappa shape index (κ3) is 4.57. The summed E-state index contributed by atoms with van der Waals surface area (Å²) >= 11 is 0. The van der Waals surface area contributed by atoms with Crippen LogP contribution in [0.3, 0.4) is 0 Å². The number of fused-ring (bicyclic) bond motifs is 1. The minimum atomic E-state index is -0.637. The lowest BCUT2D eigenvalue weighted by Gasteiger charge is -2.13. The fraction of sp³-hybridized carbons (Fsp3) is 0.111. The molecule has 2 aromatic carbocycles. The number of carbonyl (C=O) groups excluding carboxylic acids is 1. The molecular weight excluding hydrogens is 428 g/mol. The van der Waals surface area contributed by atoms with Crippen molar-refractivity contribution in [2.45, 2.75) is 20.8 Å². The van der Waals surface area contributed by atoms with Crippen LogP contribution in [0.15, 0.2) is 77.2 Å². The molecule has 7 heteroatoms. The number of aryl methyl sites for hydroxylation is 3. The first-order valence-corrected chi connectivity index (χ1v) is 10.6. The van der Waals surface area contributed by atoms with Crippen molar-refractivity contribution in [1.29, 1.82) is 5.26 Å². The number of nitriles is 1. The van der Waals surface area contributed by atoms with Crippen LogP contribution < -0.4 is 15.6 Å². The van der Waals surface area contributed by atoms with Crippen LogP contribution in [0, 0.1) is 32.1 Å². The lowest BCUT2D eigenvalue weighted by atomic mass is 10.1. The maximum atomic E-state index is 13.4. The molecule has 1 amide bonds. The molecule has 0 aliphatic rings. The Morgan fingerprint density at radius 3 is 2.44 bits per heavy atom. The van der Waals surface area contributed by atoms with Crippen molar-refractivity contribution in [3.8, 4) is 17.7 Å². The van der Waals surface area contributed by atoms with E-state index in [9.17, 15) is 14.9 Å². The second-order valence-corrected chi connectivity index (χ2v) is 7.88. The van der Waals surface area contributed by atoms with Gasteiger partial charge in [-0.25, -0.2) is 0 Å². The fourth-order valence-electron chi connectivity index (χ4n) is 3.40. The van der Waals surface area contributed by atoms with E-state index in [1.165, 1.54) is 10.5 Å². The highest BCUT2D eigenvalue weighted by Crippen LogP contribution is 2.27. The average molecular weight is 450 g/mol. The predicted molar refractivity (Wildman–Crippen MR) is 131 cm³/mol. The molecule has 0 aliphatic carbocycles. The molecule has 0 bridgehead atoms. The SMILES string of the molecule is Cc1ccc(NC(=O)C(C#N)=Cc2c(Oc3ccccc3C)nc3c(C)cccn3c2=O)cc1. The Hall–Kier alpha value is -4.70. The minimum Gasteiger partial charge on any atom is -0.438 e. The molecule has 2 heterocycles. The Kier molecular flexibility index (Phi) is 6.24. The van der Waals surface area contributed by atoms with Crippen molar-refractivity contribution in [3.63, 3.8) is 0 Å². The normalized spacial score (nSPS) is 11.2. The van der Waals surface area contributed by atoms with E-state index in [1.54, 1.807) is 30.5 Å². The van der Waals surface area contributed by atoms with Gasteiger partial charge in [0.15, 0.2) is 0 Å². The lowest BCUT2D eigenvalue weighted by Crippen LogP contribution is -2.20. The van der Waals surface area contributed by atoms with E-state index in [2.05, 4.69) is 10.3 Å². The van der Waals surface area contributed by atoms with Gasteiger partial charge in [0.2, 0.25) is 5.88 Å². The molecule has 0 atom stereocenters. The van der Waals surface area contributed by atoms with Gasteiger partial charge in [-0.05, 0) is 62.2 Å². The van der Waals surface area contributed by atoms with Crippen molar-refractivity contribution in [2.24, 2.45) is 0 Å². The second kappa shape index (κ2) is 9.43. The monoisotopic (exact) mass is 450 g/mol. The van der Waals surface area contributed by atoms with E-state index in [0.29, 0.717) is 17.1 Å². The van der Waals surface area contributed by atoms with Crippen LogP contribution in [0.5, 0.6) is 11.6 Å². The smallest absolute Gasteiger partial charge is 0.269 e. The van der Waals surface area contributed by atoms with Gasteiger partial charge in [0.05, 0.1) is 0 Å². The maximum absolute atomic E-state index is 13.4. The van der Waals surface area contributed by atoms with E-state index in [1.807, 2.05) is 63.2 Å². The Bertz CT molecular complexity index is 1530. The molecule has 0 spiro atoms. The molecule has 168 valence electrons. The van der Waals surface area contributed by atoms with E-state index >= 15 is 0 Å². The molecular formula is C27H22N4O3. The van der Waals surface area contributed by atoms with Gasteiger partial charge in [-0.2, -0.15) is 10.2 Å². The van der Waals surface area contributed by atoms with Gasteiger partial charge in [-0.15, -0.1) is 0 Å². The molecule has 0 radical (unpaired) electrons. The lowest BCUT2D eigenvalue weighted by molar-refractivity contribution is -0.112. The molecule has 7 nitrogen and oxygen atoms in total. The summed E-state index contributed by atoms with van der Waals surface area (Å²) in [6.07, 6.45) is 2.81. The standard InChI is InChI=1S/C27H22N4O3/c1-17-10-12-21(13-11-17)29-25(32)20(16-28)15-22-26(34-23-9-5-4-7-18(23)2)30-24-19(3)8-6-14-31(24)27(22)33/h4-15H,1-3H3,(H,29,32).